The fourth-order valence-electron chi connectivity index (χ4n) is 2.48. The third-order valence-electron chi connectivity index (χ3n) is 3.44. The topological polar surface area (TPSA) is 110 Å². The third-order valence-corrected chi connectivity index (χ3v) is 3.80. The van der Waals surface area contributed by atoms with E-state index in [1.54, 1.807) is 18.3 Å². The van der Waals surface area contributed by atoms with E-state index in [-0.39, 0.29) is 5.69 Å². The lowest BCUT2D eigenvalue weighted by molar-refractivity contribution is 0.241. The van der Waals surface area contributed by atoms with Crippen LogP contribution in [0.4, 0.5) is 0 Å². The molecule has 106 valence electrons. The second-order valence-corrected chi connectivity index (χ2v) is 5.26. The Morgan fingerprint density at radius 2 is 1.95 bits per heavy atom. The van der Waals surface area contributed by atoms with Crippen LogP contribution >= 0.6 is 11.6 Å². The number of dihydropyridines is 1. The Labute approximate surface area is 122 Å². The number of benzene rings is 1. The van der Waals surface area contributed by atoms with E-state index < -0.39 is 6.23 Å². The average molecular weight is 304 g/mol. The molecule has 8 heteroatoms. The van der Waals surface area contributed by atoms with E-state index in [1.807, 2.05) is 0 Å². The van der Waals surface area contributed by atoms with Gasteiger partial charge in [-0.3, -0.25) is 4.99 Å². The van der Waals surface area contributed by atoms with Gasteiger partial charge < -0.3 is 20.1 Å². The first-order valence-corrected chi connectivity index (χ1v) is 6.70. The van der Waals surface area contributed by atoms with Crippen molar-refractivity contribution < 1.29 is 5.11 Å². The fourth-order valence-corrected chi connectivity index (χ4v) is 2.73. The first-order valence-electron chi connectivity index (χ1n) is 6.32. The monoisotopic (exact) mass is 303 g/mol. The fraction of sp³-hybridized carbons (Fsp3) is 0.154. The van der Waals surface area contributed by atoms with E-state index in [2.05, 4.69) is 24.9 Å². The predicted molar refractivity (Wildman–Crippen MR) is 80.5 cm³/mol. The maximum Gasteiger partial charge on any atom is 0.323 e. The van der Waals surface area contributed by atoms with Crippen molar-refractivity contribution in [2.24, 2.45) is 4.99 Å². The van der Waals surface area contributed by atoms with Crippen molar-refractivity contribution in [2.45, 2.75) is 12.6 Å². The number of aliphatic imine (C=N–C) groups is 1. The molecule has 0 bridgehead atoms. The van der Waals surface area contributed by atoms with Crippen LogP contribution in [0.15, 0.2) is 27.0 Å². The molecular weight excluding hydrogens is 294 g/mol. The molecule has 4 rings (SSSR count). The number of aliphatic hydroxyl groups excluding tert-OH is 1. The Balaban J connectivity index is 1.93. The highest BCUT2D eigenvalue weighted by Crippen LogP contribution is 2.30. The van der Waals surface area contributed by atoms with Gasteiger partial charge in [0.05, 0.1) is 27.6 Å². The summed E-state index contributed by atoms with van der Waals surface area (Å²) in [7, 11) is 0. The van der Waals surface area contributed by atoms with Crippen LogP contribution in [-0.4, -0.2) is 37.5 Å². The number of nitrogens with zero attached hydrogens (tertiary/aromatic N) is 2. The number of allylic oxidation sites excluding steroid dienone is 1. The number of hydrogen-bond donors (Lipinski definition) is 4. The Bertz CT molecular complexity index is 923. The summed E-state index contributed by atoms with van der Waals surface area (Å²) in [5.41, 5.74) is 2.99. The van der Waals surface area contributed by atoms with Gasteiger partial charge in [0.2, 0.25) is 0 Å². The largest absolute Gasteiger partial charge is 0.368 e. The summed E-state index contributed by atoms with van der Waals surface area (Å²) in [5.74, 6) is 0.481. The van der Waals surface area contributed by atoms with E-state index in [0.29, 0.717) is 39.4 Å². The van der Waals surface area contributed by atoms with E-state index in [9.17, 15) is 9.90 Å². The second-order valence-electron chi connectivity index (χ2n) is 4.81. The van der Waals surface area contributed by atoms with E-state index in [0.717, 1.165) is 5.52 Å². The zero-order valence-electron chi connectivity index (χ0n) is 10.6. The molecule has 1 atom stereocenters. The lowest BCUT2D eigenvalue weighted by atomic mass is 10.1. The van der Waals surface area contributed by atoms with E-state index in [1.165, 1.54) is 0 Å². The molecule has 1 aromatic carbocycles. The second kappa shape index (κ2) is 4.31. The van der Waals surface area contributed by atoms with Crippen molar-refractivity contribution in [3.05, 3.63) is 33.5 Å². The number of aromatic nitrogens is 4. The summed E-state index contributed by atoms with van der Waals surface area (Å²) in [6.45, 7) is 0. The van der Waals surface area contributed by atoms with Crippen LogP contribution in [0, 0.1) is 0 Å². The Morgan fingerprint density at radius 1 is 1.19 bits per heavy atom. The highest BCUT2D eigenvalue weighted by atomic mass is 35.5. The molecule has 0 amide bonds. The van der Waals surface area contributed by atoms with Crippen molar-refractivity contribution in [1.82, 2.24) is 19.9 Å². The number of hydrogen-bond acceptors (Lipinski definition) is 4. The average Bonchev–Trinajstić information content (AvgIpc) is 2.96. The van der Waals surface area contributed by atoms with Crippen molar-refractivity contribution in [3.63, 3.8) is 0 Å². The van der Waals surface area contributed by atoms with Crippen LogP contribution in [-0.2, 0) is 0 Å². The molecule has 0 spiro atoms. The van der Waals surface area contributed by atoms with Gasteiger partial charge >= 0.3 is 5.69 Å². The Hall–Kier alpha value is -2.38. The minimum absolute atomic E-state index is 0.263. The molecule has 0 aliphatic carbocycles. The molecule has 0 saturated carbocycles. The van der Waals surface area contributed by atoms with Gasteiger partial charge in [0.15, 0.2) is 6.23 Å². The molecule has 3 aromatic rings. The van der Waals surface area contributed by atoms with Gasteiger partial charge in [-0.1, -0.05) is 11.6 Å². The number of rotatable bonds is 1. The van der Waals surface area contributed by atoms with Crippen LogP contribution < -0.4 is 5.69 Å². The number of nitrogens with one attached hydrogen (secondary N) is 3. The van der Waals surface area contributed by atoms with Crippen molar-refractivity contribution in [3.8, 4) is 0 Å². The molecule has 1 unspecified atom stereocenters. The van der Waals surface area contributed by atoms with Gasteiger partial charge in [-0.25, -0.2) is 9.78 Å². The zero-order chi connectivity index (χ0) is 14.6. The maximum atomic E-state index is 11.3. The van der Waals surface area contributed by atoms with Gasteiger partial charge in [-0.2, -0.15) is 0 Å². The molecule has 0 saturated heterocycles. The lowest BCUT2D eigenvalue weighted by Gasteiger charge is -2.14. The molecule has 0 fully saturated rings. The zero-order valence-corrected chi connectivity index (χ0v) is 11.4. The first kappa shape index (κ1) is 12.4. The molecular formula is C13H10ClN5O2. The smallest absolute Gasteiger partial charge is 0.323 e. The third kappa shape index (κ3) is 1.90. The van der Waals surface area contributed by atoms with Crippen LogP contribution in [0.25, 0.3) is 27.6 Å². The number of halogens is 1. The molecule has 7 nitrogen and oxygen atoms in total. The van der Waals surface area contributed by atoms with Gasteiger partial charge in [-0.15, -0.1) is 0 Å². The summed E-state index contributed by atoms with van der Waals surface area (Å²) in [4.78, 5) is 28.1. The number of imidazole rings is 2. The molecule has 0 radical (unpaired) electrons. The van der Waals surface area contributed by atoms with Gasteiger partial charge in [0, 0.05) is 17.7 Å². The SMILES string of the molecule is O=c1[nH]c2cc3nc(C4=C(Cl)CC=NC4O)[nH]c3cc2[nH]1. The van der Waals surface area contributed by atoms with Crippen LogP contribution in [0.5, 0.6) is 0 Å². The summed E-state index contributed by atoms with van der Waals surface area (Å²) in [5, 5.41) is 10.5. The number of aromatic amines is 3. The summed E-state index contributed by atoms with van der Waals surface area (Å²) >= 11 is 6.16. The molecule has 1 aliphatic heterocycles. The Kier molecular flexibility index (Phi) is 2.54. The lowest BCUT2D eigenvalue weighted by Crippen LogP contribution is -2.13. The minimum atomic E-state index is -1.02. The predicted octanol–water partition coefficient (Wildman–Crippen LogP) is 1.48. The molecule has 3 heterocycles. The van der Waals surface area contributed by atoms with Crippen molar-refractivity contribution >= 4 is 45.5 Å². The summed E-state index contributed by atoms with van der Waals surface area (Å²) < 4.78 is 0. The minimum Gasteiger partial charge on any atom is -0.368 e. The summed E-state index contributed by atoms with van der Waals surface area (Å²) in [6, 6.07) is 3.54. The highest BCUT2D eigenvalue weighted by Gasteiger charge is 2.22. The number of aliphatic hydroxyl groups is 1. The number of fused-ring (bicyclic) bond motifs is 2. The standard InChI is InChI=1S/C13H10ClN5O2/c14-5-1-2-15-12(20)10(5)11-16-6-3-8-9(4-7(6)17-11)19-13(21)18-8/h2-4,12,20H,1H2,(H,16,17)(H2,18,19,21). The molecule has 4 N–H and O–H groups in total. The van der Waals surface area contributed by atoms with Gasteiger partial charge in [0.1, 0.15) is 5.82 Å². The van der Waals surface area contributed by atoms with Crippen LogP contribution in [0.1, 0.15) is 12.2 Å². The van der Waals surface area contributed by atoms with E-state index >= 15 is 0 Å². The van der Waals surface area contributed by atoms with Crippen molar-refractivity contribution in [1.29, 1.82) is 0 Å². The van der Waals surface area contributed by atoms with Crippen LogP contribution in [0.3, 0.4) is 0 Å². The van der Waals surface area contributed by atoms with Gasteiger partial charge in [-0.05, 0) is 12.1 Å². The molecule has 2 aromatic heterocycles. The van der Waals surface area contributed by atoms with E-state index in [4.69, 9.17) is 11.6 Å². The quantitative estimate of drug-likeness (QED) is 0.546. The number of H-pyrrole nitrogens is 3. The summed E-state index contributed by atoms with van der Waals surface area (Å²) in [6.07, 6.45) is 1.03. The Morgan fingerprint density at radius 3 is 2.71 bits per heavy atom. The maximum absolute atomic E-state index is 11.3. The van der Waals surface area contributed by atoms with Gasteiger partial charge in [0.25, 0.3) is 0 Å². The molecule has 21 heavy (non-hydrogen) atoms. The first-order chi connectivity index (χ1) is 10.1. The normalized spacial score (nSPS) is 19.0. The van der Waals surface area contributed by atoms with Crippen LogP contribution in [0.2, 0.25) is 0 Å². The molecule has 1 aliphatic rings. The highest BCUT2D eigenvalue weighted by molar-refractivity contribution is 6.34. The van der Waals surface area contributed by atoms with Crippen molar-refractivity contribution in [2.75, 3.05) is 0 Å².